The van der Waals surface area contributed by atoms with Crippen LogP contribution in [0.4, 0.5) is 0 Å². The standard InChI is InChI=1S/C17H16N4O4/c22-15-8-10-7-11(5-6-12(10)19-20-15)18-16(23)9-21-13-3-1-2-4-14(13)25-17(21)24/h1-4,8,11H,5-7,9H2,(H,18,23)(H,20,22). The second-order valence-corrected chi connectivity index (χ2v) is 6.13. The van der Waals surface area contributed by atoms with E-state index in [0.29, 0.717) is 23.9 Å². The number of hydrogen-bond donors (Lipinski definition) is 2. The molecule has 3 aromatic rings. The van der Waals surface area contributed by atoms with Crippen LogP contribution in [0, 0.1) is 0 Å². The minimum absolute atomic E-state index is 0.0857. The Morgan fingerprint density at radius 2 is 2.20 bits per heavy atom. The van der Waals surface area contributed by atoms with Crippen molar-refractivity contribution in [3.8, 4) is 0 Å². The molecule has 0 spiro atoms. The summed E-state index contributed by atoms with van der Waals surface area (Å²) < 4.78 is 6.44. The normalized spacial score (nSPS) is 16.6. The van der Waals surface area contributed by atoms with Gasteiger partial charge in [-0.3, -0.25) is 14.2 Å². The van der Waals surface area contributed by atoms with Crippen LogP contribution in [0.3, 0.4) is 0 Å². The molecule has 0 saturated heterocycles. The number of nitrogens with zero attached hydrogens (tertiary/aromatic N) is 2. The maximum Gasteiger partial charge on any atom is 0.420 e. The molecule has 8 nitrogen and oxygen atoms in total. The molecule has 8 heteroatoms. The summed E-state index contributed by atoms with van der Waals surface area (Å²) in [6.07, 6.45) is 1.98. The summed E-state index contributed by atoms with van der Waals surface area (Å²) in [5.41, 5.74) is 2.51. The molecule has 0 radical (unpaired) electrons. The van der Waals surface area contributed by atoms with Gasteiger partial charge in [-0.15, -0.1) is 0 Å². The Hall–Kier alpha value is -3.16. The molecule has 1 aliphatic rings. The van der Waals surface area contributed by atoms with E-state index in [2.05, 4.69) is 15.5 Å². The van der Waals surface area contributed by atoms with E-state index in [1.807, 2.05) is 0 Å². The van der Waals surface area contributed by atoms with E-state index in [1.54, 1.807) is 24.3 Å². The van der Waals surface area contributed by atoms with Crippen molar-refractivity contribution in [2.75, 3.05) is 0 Å². The fraction of sp³-hybridized carbons (Fsp3) is 0.294. The van der Waals surface area contributed by atoms with Crippen LogP contribution < -0.4 is 16.6 Å². The summed E-state index contributed by atoms with van der Waals surface area (Å²) in [4.78, 5) is 35.7. The van der Waals surface area contributed by atoms with E-state index in [0.717, 1.165) is 17.7 Å². The number of aromatic amines is 1. The molecule has 2 N–H and O–H groups in total. The topological polar surface area (TPSA) is 110 Å². The van der Waals surface area contributed by atoms with Gasteiger partial charge in [0.15, 0.2) is 5.58 Å². The lowest BCUT2D eigenvalue weighted by Gasteiger charge is -2.24. The smallest absolute Gasteiger partial charge is 0.408 e. The molecule has 1 aromatic carbocycles. The van der Waals surface area contributed by atoms with Gasteiger partial charge in [-0.1, -0.05) is 12.1 Å². The van der Waals surface area contributed by atoms with E-state index in [4.69, 9.17) is 4.42 Å². The van der Waals surface area contributed by atoms with Crippen LogP contribution in [0.15, 0.2) is 44.3 Å². The lowest BCUT2D eigenvalue weighted by Crippen LogP contribution is -2.41. The number of benzene rings is 1. The summed E-state index contributed by atoms with van der Waals surface area (Å²) in [6, 6.07) is 8.42. The molecule has 1 aliphatic carbocycles. The largest absolute Gasteiger partial charge is 0.420 e. The number of rotatable bonds is 3. The highest BCUT2D eigenvalue weighted by molar-refractivity contribution is 5.79. The van der Waals surface area contributed by atoms with Crippen LogP contribution in [-0.2, 0) is 24.2 Å². The zero-order chi connectivity index (χ0) is 17.4. The average molecular weight is 340 g/mol. The molecular formula is C17H16N4O4. The van der Waals surface area contributed by atoms with Crippen LogP contribution in [0.5, 0.6) is 0 Å². The lowest BCUT2D eigenvalue weighted by atomic mass is 9.92. The predicted molar refractivity (Wildman–Crippen MR) is 89.3 cm³/mol. The molecule has 0 fully saturated rings. The van der Waals surface area contributed by atoms with Crippen molar-refractivity contribution in [1.82, 2.24) is 20.1 Å². The minimum Gasteiger partial charge on any atom is -0.408 e. The number of aryl methyl sites for hydroxylation is 1. The van der Waals surface area contributed by atoms with Crippen LogP contribution in [0.25, 0.3) is 11.1 Å². The summed E-state index contributed by atoms with van der Waals surface area (Å²) >= 11 is 0. The zero-order valence-corrected chi connectivity index (χ0v) is 13.3. The monoisotopic (exact) mass is 340 g/mol. The second kappa shape index (κ2) is 6.04. The Morgan fingerprint density at radius 3 is 3.08 bits per heavy atom. The summed E-state index contributed by atoms with van der Waals surface area (Å²) in [6.45, 7) is -0.104. The van der Waals surface area contributed by atoms with Crippen LogP contribution >= 0.6 is 0 Å². The highest BCUT2D eigenvalue weighted by Gasteiger charge is 2.22. The fourth-order valence-corrected chi connectivity index (χ4v) is 3.24. The van der Waals surface area contributed by atoms with Crippen molar-refractivity contribution >= 4 is 17.0 Å². The van der Waals surface area contributed by atoms with Crippen molar-refractivity contribution in [2.24, 2.45) is 0 Å². The molecule has 1 unspecified atom stereocenters. The third kappa shape index (κ3) is 2.98. The fourth-order valence-electron chi connectivity index (χ4n) is 3.24. The lowest BCUT2D eigenvalue weighted by molar-refractivity contribution is -0.122. The van der Waals surface area contributed by atoms with E-state index < -0.39 is 5.76 Å². The maximum absolute atomic E-state index is 12.4. The van der Waals surface area contributed by atoms with Gasteiger partial charge in [0.1, 0.15) is 6.54 Å². The quantitative estimate of drug-likeness (QED) is 0.715. The van der Waals surface area contributed by atoms with Gasteiger partial charge in [-0.05, 0) is 37.0 Å². The van der Waals surface area contributed by atoms with Gasteiger partial charge in [-0.2, -0.15) is 5.10 Å². The van der Waals surface area contributed by atoms with Crippen molar-refractivity contribution in [2.45, 2.75) is 31.8 Å². The Labute approximate surface area is 141 Å². The number of aromatic nitrogens is 3. The first kappa shape index (κ1) is 15.4. The van der Waals surface area contributed by atoms with Gasteiger partial charge in [-0.25, -0.2) is 9.89 Å². The molecule has 2 heterocycles. The van der Waals surface area contributed by atoms with Crippen LogP contribution in [0.2, 0.25) is 0 Å². The summed E-state index contributed by atoms with van der Waals surface area (Å²) in [5.74, 6) is -0.819. The van der Waals surface area contributed by atoms with E-state index in [9.17, 15) is 14.4 Å². The van der Waals surface area contributed by atoms with Crippen LogP contribution in [0.1, 0.15) is 17.7 Å². The number of carbonyl (C=O) groups excluding carboxylic acids is 1. The van der Waals surface area contributed by atoms with Gasteiger partial charge in [0.2, 0.25) is 5.91 Å². The number of fused-ring (bicyclic) bond motifs is 2. The van der Waals surface area contributed by atoms with Crippen molar-refractivity contribution in [3.63, 3.8) is 0 Å². The Kier molecular flexibility index (Phi) is 3.72. The first-order chi connectivity index (χ1) is 12.1. The van der Waals surface area contributed by atoms with E-state index >= 15 is 0 Å². The Bertz CT molecular complexity index is 1060. The molecule has 0 saturated carbocycles. The number of amides is 1. The van der Waals surface area contributed by atoms with Gasteiger partial charge in [0.05, 0.1) is 11.2 Å². The SMILES string of the molecule is O=C(Cn1c(=O)oc2ccccc21)NC1CCc2n[nH]c(=O)cc2C1. The third-order valence-electron chi connectivity index (χ3n) is 4.41. The molecule has 1 amide bonds. The van der Waals surface area contributed by atoms with Gasteiger partial charge in [0, 0.05) is 12.1 Å². The Morgan fingerprint density at radius 1 is 1.36 bits per heavy atom. The van der Waals surface area contributed by atoms with E-state index in [-0.39, 0.29) is 24.1 Å². The number of hydrogen-bond acceptors (Lipinski definition) is 5. The van der Waals surface area contributed by atoms with Crippen molar-refractivity contribution in [1.29, 1.82) is 0 Å². The van der Waals surface area contributed by atoms with Gasteiger partial charge < -0.3 is 9.73 Å². The second-order valence-electron chi connectivity index (χ2n) is 6.13. The van der Waals surface area contributed by atoms with Crippen molar-refractivity contribution < 1.29 is 9.21 Å². The van der Waals surface area contributed by atoms with Crippen LogP contribution in [-0.4, -0.2) is 26.7 Å². The number of para-hydroxylation sites is 2. The number of H-pyrrole nitrogens is 1. The highest BCUT2D eigenvalue weighted by atomic mass is 16.4. The molecule has 128 valence electrons. The molecule has 25 heavy (non-hydrogen) atoms. The summed E-state index contributed by atoms with van der Waals surface area (Å²) in [5, 5.41) is 9.39. The first-order valence-electron chi connectivity index (χ1n) is 8.05. The number of nitrogens with one attached hydrogen (secondary N) is 2. The molecule has 0 aliphatic heterocycles. The summed E-state index contributed by atoms with van der Waals surface area (Å²) in [7, 11) is 0. The zero-order valence-electron chi connectivity index (χ0n) is 13.3. The maximum atomic E-state index is 12.4. The Balaban J connectivity index is 1.48. The molecule has 0 bridgehead atoms. The molecule has 2 aromatic heterocycles. The number of oxazole rings is 1. The van der Waals surface area contributed by atoms with Crippen molar-refractivity contribution in [3.05, 3.63) is 62.5 Å². The highest BCUT2D eigenvalue weighted by Crippen LogP contribution is 2.17. The molecule has 1 atom stereocenters. The van der Waals surface area contributed by atoms with Gasteiger partial charge >= 0.3 is 5.76 Å². The van der Waals surface area contributed by atoms with Gasteiger partial charge in [0.25, 0.3) is 5.56 Å². The average Bonchev–Trinajstić information content (AvgIpc) is 2.90. The first-order valence-corrected chi connectivity index (χ1v) is 8.05. The number of carbonyl (C=O) groups is 1. The third-order valence-corrected chi connectivity index (χ3v) is 4.41. The predicted octanol–water partition coefficient (Wildman–Crippen LogP) is 0.351. The minimum atomic E-state index is -0.555. The van der Waals surface area contributed by atoms with E-state index in [1.165, 1.54) is 10.6 Å². The molecule has 4 rings (SSSR count). The molecular weight excluding hydrogens is 324 g/mol.